The topological polar surface area (TPSA) is 25.8 Å². The molecular weight excluding hydrogens is 192 g/mol. The van der Waals surface area contributed by atoms with E-state index in [2.05, 4.69) is 9.97 Å². The highest BCUT2D eigenvalue weighted by molar-refractivity contribution is 7.13. The maximum Gasteiger partial charge on any atom is 0.143 e. The quantitative estimate of drug-likeness (QED) is 0.701. The third-order valence-corrected chi connectivity index (χ3v) is 2.55. The zero-order chi connectivity index (χ0) is 8.39. The molecule has 0 N–H and O–H groups in total. The highest BCUT2D eigenvalue weighted by Gasteiger charge is 2.02. The van der Waals surface area contributed by atoms with Crippen LogP contribution in [-0.2, 0) is 0 Å². The molecule has 0 saturated carbocycles. The number of pyridine rings is 1. The summed E-state index contributed by atoms with van der Waals surface area (Å²) in [5, 5.41) is 3.19. The molecule has 60 valence electrons. The molecule has 0 aliphatic rings. The first-order valence-corrected chi connectivity index (χ1v) is 4.64. The van der Waals surface area contributed by atoms with E-state index in [1.54, 1.807) is 11.6 Å². The van der Waals surface area contributed by atoms with Gasteiger partial charge in [-0.1, -0.05) is 17.7 Å². The summed E-state index contributed by atoms with van der Waals surface area (Å²) in [5.41, 5.74) is 0.870. The predicted molar refractivity (Wildman–Crippen MR) is 50.4 cm³/mol. The number of hydrogen-bond donors (Lipinski definition) is 0. The van der Waals surface area contributed by atoms with Gasteiger partial charge in [-0.25, -0.2) is 4.98 Å². The predicted octanol–water partition coefficient (Wildman–Crippen LogP) is 2.86. The van der Waals surface area contributed by atoms with Gasteiger partial charge < -0.3 is 0 Å². The van der Waals surface area contributed by atoms with E-state index < -0.39 is 0 Å². The van der Waals surface area contributed by atoms with Crippen LogP contribution in [0.4, 0.5) is 0 Å². The molecule has 0 unspecified atom stereocenters. The molecule has 2 heterocycles. The molecule has 2 aromatic heterocycles. The van der Waals surface area contributed by atoms with E-state index in [0.29, 0.717) is 5.15 Å². The van der Waals surface area contributed by atoms with Gasteiger partial charge in [0.05, 0.1) is 5.69 Å². The lowest BCUT2D eigenvalue weighted by atomic mass is 10.4. The van der Waals surface area contributed by atoms with E-state index in [4.69, 9.17) is 11.6 Å². The van der Waals surface area contributed by atoms with Crippen molar-refractivity contribution in [3.8, 4) is 10.7 Å². The number of hydrogen-bond acceptors (Lipinski definition) is 3. The molecule has 0 bridgehead atoms. The monoisotopic (exact) mass is 196 g/mol. The molecule has 0 aliphatic heterocycles. The highest BCUT2D eigenvalue weighted by Crippen LogP contribution is 2.23. The normalized spacial score (nSPS) is 10.1. The summed E-state index contributed by atoms with van der Waals surface area (Å²) in [7, 11) is 0. The molecule has 0 fully saturated rings. The summed E-state index contributed by atoms with van der Waals surface area (Å²) >= 11 is 7.18. The van der Waals surface area contributed by atoms with Crippen LogP contribution >= 0.6 is 22.9 Å². The second-order valence-corrected chi connectivity index (χ2v) is 3.44. The van der Waals surface area contributed by atoms with Gasteiger partial charge in [-0.3, -0.25) is 4.98 Å². The van der Waals surface area contributed by atoms with Crippen LogP contribution in [0.15, 0.2) is 29.8 Å². The zero-order valence-corrected chi connectivity index (χ0v) is 7.64. The lowest BCUT2D eigenvalue weighted by Crippen LogP contribution is -1.78. The second-order valence-electron chi connectivity index (χ2n) is 2.19. The third kappa shape index (κ3) is 1.47. The van der Waals surface area contributed by atoms with Gasteiger partial charge in [0.15, 0.2) is 0 Å². The van der Waals surface area contributed by atoms with Crippen LogP contribution in [0.5, 0.6) is 0 Å². The van der Waals surface area contributed by atoms with Crippen molar-refractivity contribution >= 4 is 22.9 Å². The fraction of sp³-hybridized carbons (Fsp3) is 0. The van der Waals surface area contributed by atoms with E-state index in [-0.39, 0.29) is 0 Å². The Kier molecular flexibility index (Phi) is 2.06. The Morgan fingerprint density at radius 3 is 2.83 bits per heavy atom. The van der Waals surface area contributed by atoms with Crippen molar-refractivity contribution < 1.29 is 0 Å². The Morgan fingerprint density at radius 1 is 1.33 bits per heavy atom. The summed E-state index contributed by atoms with van der Waals surface area (Å²) in [6.07, 6.45) is 1.74. The number of thiazole rings is 1. The van der Waals surface area contributed by atoms with Crippen molar-refractivity contribution in [1.82, 2.24) is 9.97 Å². The molecule has 0 amide bonds. The lowest BCUT2D eigenvalue weighted by molar-refractivity contribution is 1.29. The Balaban J connectivity index is 2.45. The van der Waals surface area contributed by atoms with Crippen LogP contribution in [0.1, 0.15) is 0 Å². The summed E-state index contributed by atoms with van der Waals surface area (Å²) < 4.78 is 0. The first-order chi connectivity index (χ1) is 5.86. The molecule has 0 aliphatic carbocycles. The van der Waals surface area contributed by atoms with Crippen LogP contribution in [0, 0.1) is 0 Å². The Hall–Kier alpha value is -0.930. The molecule has 0 atom stereocenters. The van der Waals surface area contributed by atoms with E-state index in [9.17, 15) is 0 Å². The molecule has 0 radical (unpaired) electrons. The Morgan fingerprint density at radius 2 is 2.25 bits per heavy atom. The van der Waals surface area contributed by atoms with Gasteiger partial charge in [-0.2, -0.15) is 0 Å². The Bertz CT molecular complexity index is 372. The first kappa shape index (κ1) is 7.71. The van der Waals surface area contributed by atoms with Crippen LogP contribution in [0.3, 0.4) is 0 Å². The van der Waals surface area contributed by atoms with Gasteiger partial charge in [0.1, 0.15) is 10.2 Å². The van der Waals surface area contributed by atoms with E-state index in [1.165, 1.54) is 11.3 Å². The maximum absolute atomic E-state index is 5.68. The number of aromatic nitrogens is 2. The standard InChI is InChI=1S/C8H5ClN2S/c9-7-5-12-8(11-7)6-3-1-2-4-10-6/h1-5H. The molecule has 2 aromatic rings. The van der Waals surface area contributed by atoms with Crippen LogP contribution in [0.25, 0.3) is 10.7 Å². The minimum atomic E-state index is 0.528. The number of halogens is 1. The molecule has 2 rings (SSSR count). The zero-order valence-electron chi connectivity index (χ0n) is 6.07. The Labute approximate surface area is 78.9 Å². The highest BCUT2D eigenvalue weighted by atomic mass is 35.5. The van der Waals surface area contributed by atoms with Crippen LogP contribution in [0.2, 0.25) is 5.15 Å². The summed E-state index contributed by atoms with van der Waals surface area (Å²) in [6, 6.07) is 5.71. The summed E-state index contributed by atoms with van der Waals surface area (Å²) in [6.45, 7) is 0. The fourth-order valence-electron chi connectivity index (χ4n) is 0.861. The van der Waals surface area contributed by atoms with Crippen LogP contribution in [-0.4, -0.2) is 9.97 Å². The van der Waals surface area contributed by atoms with Gasteiger partial charge >= 0.3 is 0 Å². The first-order valence-electron chi connectivity index (χ1n) is 3.39. The van der Waals surface area contributed by atoms with Crippen molar-refractivity contribution in [3.63, 3.8) is 0 Å². The molecular formula is C8H5ClN2S. The van der Waals surface area contributed by atoms with Gasteiger partial charge in [0.2, 0.25) is 0 Å². The van der Waals surface area contributed by atoms with Gasteiger partial charge in [0.25, 0.3) is 0 Å². The fourth-order valence-corrected chi connectivity index (χ4v) is 1.78. The largest absolute Gasteiger partial charge is 0.254 e. The average Bonchev–Trinajstić information content (AvgIpc) is 2.54. The van der Waals surface area contributed by atoms with Crippen molar-refractivity contribution in [1.29, 1.82) is 0 Å². The molecule has 12 heavy (non-hydrogen) atoms. The number of rotatable bonds is 1. The minimum Gasteiger partial charge on any atom is -0.254 e. The smallest absolute Gasteiger partial charge is 0.143 e. The SMILES string of the molecule is Clc1csc(-c2ccccn2)n1. The molecule has 0 aromatic carbocycles. The van der Waals surface area contributed by atoms with E-state index >= 15 is 0 Å². The summed E-state index contributed by atoms with van der Waals surface area (Å²) in [4.78, 5) is 8.25. The molecule has 0 saturated heterocycles. The summed E-state index contributed by atoms with van der Waals surface area (Å²) in [5.74, 6) is 0. The van der Waals surface area contributed by atoms with E-state index in [0.717, 1.165) is 10.7 Å². The van der Waals surface area contributed by atoms with Crippen molar-refractivity contribution in [2.24, 2.45) is 0 Å². The minimum absolute atomic E-state index is 0.528. The second kappa shape index (κ2) is 3.21. The molecule has 2 nitrogen and oxygen atoms in total. The lowest BCUT2D eigenvalue weighted by Gasteiger charge is -1.91. The average molecular weight is 197 g/mol. The van der Waals surface area contributed by atoms with Crippen molar-refractivity contribution in [2.45, 2.75) is 0 Å². The maximum atomic E-state index is 5.68. The van der Waals surface area contributed by atoms with Crippen LogP contribution < -0.4 is 0 Å². The van der Waals surface area contributed by atoms with Crippen molar-refractivity contribution in [2.75, 3.05) is 0 Å². The van der Waals surface area contributed by atoms with Crippen molar-refractivity contribution in [3.05, 3.63) is 34.9 Å². The molecule has 0 spiro atoms. The van der Waals surface area contributed by atoms with E-state index in [1.807, 2.05) is 18.2 Å². The third-order valence-electron chi connectivity index (χ3n) is 1.36. The van der Waals surface area contributed by atoms with Gasteiger partial charge in [-0.15, -0.1) is 11.3 Å². The van der Waals surface area contributed by atoms with Gasteiger partial charge in [0, 0.05) is 11.6 Å². The molecule has 4 heteroatoms. The number of nitrogens with zero attached hydrogens (tertiary/aromatic N) is 2. The van der Waals surface area contributed by atoms with Gasteiger partial charge in [-0.05, 0) is 12.1 Å².